The SMILES string of the molecule is CCCCCCCCC1C(CCCCCC)CCC(CCCCCCCCN2C(=O)C=CC2=O)C1CCCCCCCCN1C(=O)C=CC1=O.CCCCCCCCC1CC(CCCCCCCCN2C(=O)C=CC2=O)C(CCCCCCCN2C(=O)C=CC2=O)CC1CCCCCCC. The highest BCUT2D eigenvalue weighted by Crippen LogP contribution is 2.49. The number of carbonyl (C=O) groups excluding carboxylic acids is 8. The van der Waals surface area contributed by atoms with Crippen molar-refractivity contribution >= 4 is 47.3 Å². The van der Waals surface area contributed by atoms with Gasteiger partial charge in [0.15, 0.2) is 0 Å². The fourth-order valence-electron chi connectivity index (χ4n) is 18.3. The zero-order valence-electron chi connectivity index (χ0n) is 64.7. The predicted octanol–water partition coefficient (Wildman–Crippen LogP) is 22.6. The normalized spacial score (nSPS) is 22.2. The molecule has 2 saturated carbocycles. The van der Waals surface area contributed by atoms with Gasteiger partial charge in [-0.05, 0) is 112 Å². The fraction of sp³-hybridized carbons (Fsp3) is 0.818. The molecule has 12 nitrogen and oxygen atoms in total. The zero-order valence-corrected chi connectivity index (χ0v) is 64.7. The van der Waals surface area contributed by atoms with Crippen molar-refractivity contribution in [1.82, 2.24) is 19.6 Å². The molecule has 0 spiro atoms. The maximum Gasteiger partial charge on any atom is 0.253 e. The van der Waals surface area contributed by atoms with Crippen molar-refractivity contribution in [1.29, 1.82) is 0 Å². The number of hydrogen-bond donors (Lipinski definition) is 0. The lowest BCUT2D eigenvalue weighted by Gasteiger charge is -2.44. The van der Waals surface area contributed by atoms with Crippen LogP contribution in [-0.2, 0) is 38.4 Å². The van der Waals surface area contributed by atoms with Crippen LogP contribution in [0, 0.1) is 47.3 Å². The van der Waals surface area contributed by atoms with Crippen molar-refractivity contribution < 1.29 is 38.4 Å². The monoisotopic (exact) mass is 1390 g/mol. The molecule has 4 aliphatic heterocycles. The Morgan fingerprint density at radius 2 is 0.370 bits per heavy atom. The molecule has 6 aliphatic rings. The third-order valence-electron chi connectivity index (χ3n) is 24.3. The molecule has 2 aliphatic carbocycles. The molecular weight excluding hydrogens is 1240 g/mol. The second-order valence-corrected chi connectivity index (χ2v) is 32.0. The number of hydrogen-bond acceptors (Lipinski definition) is 8. The van der Waals surface area contributed by atoms with E-state index < -0.39 is 0 Å². The smallest absolute Gasteiger partial charge is 0.253 e. The molecule has 0 bridgehead atoms. The first-order valence-corrected chi connectivity index (χ1v) is 43.0. The van der Waals surface area contributed by atoms with E-state index in [2.05, 4.69) is 27.7 Å². The Labute approximate surface area is 611 Å². The van der Waals surface area contributed by atoms with Crippen LogP contribution in [0.5, 0.6) is 0 Å². The van der Waals surface area contributed by atoms with E-state index >= 15 is 0 Å². The van der Waals surface area contributed by atoms with Gasteiger partial charge in [-0.3, -0.25) is 58.0 Å². The average Bonchev–Trinajstić information content (AvgIpc) is 1.36. The topological polar surface area (TPSA) is 150 Å². The summed E-state index contributed by atoms with van der Waals surface area (Å²) in [6.07, 6.45) is 84.5. The number of amides is 8. The molecule has 568 valence electrons. The molecule has 100 heavy (non-hydrogen) atoms. The van der Waals surface area contributed by atoms with Crippen molar-refractivity contribution in [3.05, 3.63) is 48.6 Å². The van der Waals surface area contributed by atoms with Gasteiger partial charge in [0.2, 0.25) is 0 Å². The van der Waals surface area contributed by atoms with Gasteiger partial charge in [0.05, 0.1) is 0 Å². The van der Waals surface area contributed by atoms with Crippen molar-refractivity contribution in [2.45, 2.75) is 387 Å². The van der Waals surface area contributed by atoms with Crippen molar-refractivity contribution in [2.75, 3.05) is 26.2 Å². The Hall–Kier alpha value is -4.48. The van der Waals surface area contributed by atoms with Gasteiger partial charge in [-0.2, -0.15) is 0 Å². The van der Waals surface area contributed by atoms with Crippen molar-refractivity contribution in [2.24, 2.45) is 47.3 Å². The van der Waals surface area contributed by atoms with Gasteiger partial charge < -0.3 is 0 Å². The Morgan fingerprint density at radius 3 is 0.580 bits per heavy atom. The van der Waals surface area contributed by atoms with E-state index in [4.69, 9.17) is 0 Å². The summed E-state index contributed by atoms with van der Waals surface area (Å²) >= 11 is 0. The summed E-state index contributed by atoms with van der Waals surface area (Å²) < 4.78 is 0. The second-order valence-electron chi connectivity index (χ2n) is 32.0. The summed E-state index contributed by atoms with van der Waals surface area (Å²) in [7, 11) is 0. The molecule has 0 aromatic carbocycles. The number of imide groups is 4. The van der Waals surface area contributed by atoms with Crippen molar-refractivity contribution in [3.8, 4) is 0 Å². The Balaban J connectivity index is 0.000000361. The van der Waals surface area contributed by atoms with Crippen LogP contribution in [-0.4, -0.2) is 93.0 Å². The molecule has 0 radical (unpaired) electrons. The molecular formula is C88H148N4O8. The van der Waals surface area contributed by atoms with Crippen LogP contribution in [0.1, 0.15) is 387 Å². The van der Waals surface area contributed by atoms with E-state index in [-0.39, 0.29) is 47.3 Å². The minimum absolute atomic E-state index is 0.153. The maximum atomic E-state index is 11.8. The molecule has 0 aromatic heterocycles. The Kier molecular flexibility index (Phi) is 46.7. The molecule has 8 amide bonds. The number of carbonyl (C=O) groups is 8. The highest BCUT2D eigenvalue weighted by atomic mass is 16.2. The fourth-order valence-corrected chi connectivity index (χ4v) is 18.3. The van der Waals surface area contributed by atoms with Gasteiger partial charge in [0, 0.05) is 74.8 Å². The van der Waals surface area contributed by atoms with Crippen LogP contribution in [0.2, 0.25) is 0 Å². The van der Waals surface area contributed by atoms with E-state index in [9.17, 15) is 38.4 Å². The molecule has 0 N–H and O–H groups in total. The third kappa shape index (κ3) is 34.4. The minimum atomic E-state index is -0.156. The van der Waals surface area contributed by atoms with Gasteiger partial charge in [0.1, 0.15) is 0 Å². The average molecular weight is 1390 g/mol. The van der Waals surface area contributed by atoms with Crippen molar-refractivity contribution in [3.63, 3.8) is 0 Å². The van der Waals surface area contributed by atoms with E-state index in [0.717, 1.165) is 98.7 Å². The Bertz CT molecular complexity index is 2360. The van der Waals surface area contributed by atoms with E-state index in [1.165, 1.54) is 376 Å². The molecule has 6 rings (SSSR count). The first-order valence-electron chi connectivity index (χ1n) is 43.0. The molecule has 0 saturated heterocycles. The standard InChI is InChI=1S/2C44H74N2O4/c1-3-5-7-9-15-21-27-39-37(25-19-8-6-4-2)29-30-38(26-20-14-10-12-17-23-35-45-41(47)31-32-42(45)48)40(39)28-22-16-11-13-18-24-36-46-43(49)33-34-44(46)50;1-3-5-7-9-14-20-26-38-36-39(27-21-15-10-11-17-23-33-45-41(47)29-30-42(45)48)40(35-37(38)25-19-13-8-6-4-2)28-22-16-12-18-24-34-46-43(49)31-32-44(46)50/h31-34,37-40H,3-30,35-36H2,1-2H3;29-32,37-40H,3-28,33-36H2,1-2H3. The summed E-state index contributed by atoms with van der Waals surface area (Å²) in [4.78, 5) is 100. The van der Waals surface area contributed by atoms with E-state index in [0.29, 0.717) is 26.2 Å². The summed E-state index contributed by atoms with van der Waals surface area (Å²) in [5, 5.41) is 0. The zero-order chi connectivity index (χ0) is 71.6. The molecule has 8 unspecified atom stereocenters. The molecule has 2 fully saturated rings. The van der Waals surface area contributed by atoms with Crippen LogP contribution >= 0.6 is 0 Å². The Morgan fingerprint density at radius 1 is 0.210 bits per heavy atom. The number of rotatable bonds is 60. The van der Waals surface area contributed by atoms with Gasteiger partial charge in [-0.15, -0.1) is 0 Å². The summed E-state index contributed by atoms with van der Waals surface area (Å²) in [6.45, 7) is 11.5. The lowest BCUT2D eigenvalue weighted by Crippen LogP contribution is -2.35. The van der Waals surface area contributed by atoms with Gasteiger partial charge in [0.25, 0.3) is 47.3 Å². The summed E-state index contributed by atoms with van der Waals surface area (Å²) in [6, 6.07) is 0. The largest absolute Gasteiger partial charge is 0.275 e. The van der Waals surface area contributed by atoms with Gasteiger partial charge >= 0.3 is 0 Å². The number of nitrogens with zero attached hydrogens (tertiary/aromatic N) is 4. The quantitative estimate of drug-likeness (QED) is 0.0431. The van der Waals surface area contributed by atoms with E-state index in [1.54, 1.807) is 0 Å². The first-order chi connectivity index (χ1) is 48.9. The van der Waals surface area contributed by atoms with Crippen LogP contribution in [0.4, 0.5) is 0 Å². The highest BCUT2D eigenvalue weighted by Gasteiger charge is 2.39. The molecule has 0 aromatic rings. The maximum absolute atomic E-state index is 11.8. The first kappa shape index (κ1) is 86.2. The lowest BCUT2D eigenvalue weighted by atomic mass is 9.61. The third-order valence-corrected chi connectivity index (χ3v) is 24.3. The summed E-state index contributed by atoms with van der Waals surface area (Å²) in [5.41, 5.74) is 0. The van der Waals surface area contributed by atoms with E-state index in [1.807, 2.05) is 0 Å². The van der Waals surface area contributed by atoms with Gasteiger partial charge in [-0.1, -0.05) is 323 Å². The highest BCUT2D eigenvalue weighted by molar-refractivity contribution is 6.14. The van der Waals surface area contributed by atoms with Crippen LogP contribution < -0.4 is 0 Å². The molecule has 4 heterocycles. The minimum Gasteiger partial charge on any atom is -0.275 e. The predicted molar refractivity (Wildman–Crippen MR) is 413 cm³/mol. The molecule has 8 atom stereocenters. The number of unbranched alkanes of at least 4 members (excludes halogenated alkanes) is 36. The summed E-state index contributed by atoms with van der Waals surface area (Å²) in [5.74, 6) is 5.96. The van der Waals surface area contributed by atoms with Crippen LogP contribution in [0.3, 0.4) is 0 Å². The van der Waals surface area contributed by atoms with Crippen LogP contribution in [0.15, 0.2) is 48.6 Å². The lowest BCUT2D eigenvalue weighted by molar-refractivity contribution is -0.138. The van der Waals surface area contributed by atoms with Crippen LogP contribution in [0.25, 0.3) is 0 Å². The van der Waals surface area contributed by atoms with Gasteiger partial charge in [-0.25, -0.2) is 0 Å². The second kappa shape index (κ2) is 54.2. The molecule has 12 heteroatoms.